The monoisotopic (exact) mass is 415 g/mol. The van der Waals surface area contributed by atoms with Crippen LogP contribution in [0.4, 0.5) is 5.82 Å². The molecule has 0 bridgehead atoms. The van der Waals surface area contributed by atoms with Crippen LogP contribution < -0.4 is 5.32 Å². The Morgan fingerprint density at radius 3 is 2.60 bits per heavy atom. The van der Waals surface area contributed by atoms with Crippen LogP contribution in [0, 0.1) is 6.92 Å². The van der Waals surface area contributed by atoms with Crippen LogP contribution in [0.1, 0.15) is 34.0 Å². The highest BCUT2D eigenvalue weighted by Crippen LogP contribution is 2.39. The van der Waals surface area contributed by atoms with E-state index in [0.717, 1.165) is 27.7 Å². The second-order valence-corrected chi connectivity index (χ2v) is 7.87. The van der Waals surface area contributed by atoms with E-state index in [0.29, 0.717) is 16.4 Å². The molecule has 0 radical (unpaired) electrons. The molecule has 148 valence electrons. The molecule has 1 amide bonds. The van der Waals surface area contributed by atoms with Gasteiger partial charge in [-0.25, -0.2) is 4.68 Å². The Kier molecular flexibility index (Phi) is 4.40. The summed E-state index contributed by atoms with van der Waals surface area (Å²) in [5.41, 5.74) is 2.88. The first-order valence-electron chi connectivity index (χ1n) is 9.70. The lowest BCUT2D eigenvalue weighted by atomic mass is 9.84. The van der Waals surface area contributed by atoms with Gasteiger partial charge >= 0.3 is 0 Å². The maximum absolute atomic E-state index is 13.6. The minimum Gasteiger partial charge on any atom is -0.310 e. The van der Waals surface area contributed by atoms with Crippen molar-refractivity contribution in [3.8, 4) is 5.69 Å². The Morgan fingerprint density at radius 1 is 1.07 bits per heavy atom. The number of aryl methyl sites for hydroxylation is 1. The molecule has 1 aromatic heterocycles. The van der Waals surface area contributed by atoms with Crippen molar-refractivity contribution in [2.24, 2.45) is 0 Å². The molecule has 0 aliphatic carbocycles. The van der Waals surface area contributed by atoms with Gasteiger partial charge in [-0.15, -0.1) is 0 Å². The molecule has 1 aliphatic rings. The van der Waals surface area contributed by atoms with E-state index in [1.54, 1.807) is 16.8 Å². The molecule has 5 rings (SSSR count). The van der Waals surface area contributed by atoms with E-state index in [-0.39, 0.29) is 18.1 Å². The van der Waals surface area contributed by atoms with Gasteiger partial charge in [0, 0.05) is 22.6 Å². The molecule has 1 N–H and O–H groups in total. The van der Waals surface area contributed by atoms with Crippen molar-refractivity contribution in [2.75, 3.05) is 5.32 Å². The Morgan fingerprint density at radius 2 is 1.80 bits per heavy atom. The number of amides is 1. The SMILES string of the molecule is Cc1nn(-c2ccc(Cl)cc2)c2c1[C@H](C(=O)c1cccc3ccccc13)CC(=O)N2. The summed E-state index contributed by atoms with van der Waals surface area (Å²) in [7, 11) is 0. The third-order valence-electron chi connectivity index (χ3n) is 5.55. The van der Waals surface area contributed by atoms with Crippen LogP contribution in [0.2, 0.25) is 5.02 Å². The van der Waals surface area contributed by atoms with Crippen molar-refractivity contribution in [1.29, 1.82) is 0 Å². The molecular formula is C24H18ClN3O2. The molecule has 3 aromatic carbocycles. The lowest BCUT2D eigenvalue weighted by Crippen LogP contribution is -2.28. The van der Waals surface area contributed by atoms with E-state index >= 15 is 0 Å². The van der Waals surface area contributed by atoms with Crippen molar-refractivity contribution in [1.82, 2.24) is 9.78 Å². The molecule has 1 atom stereocenters. The fraction of sp³-hybridized carbons (Fsp3) is 0.125. The molecule has 0 spiro atoms. The predicted octanol–water partition coefficient (Wildman–Crippen LogP) is 5.30. The number of benzene rings is 3. The second-order valence-electron chi connectivity index (χ2n) is 7.43. The van der Waals surface area contributed by atoms with E-state index in [1.165, 1.54) is 0 Å². The number of carbonyl (C=O) groups is 2. The van der Waals surface area contributed by atoms with Crippen molar-refractivity contribution in [3.05, 3.63) is 88.6 Å². The zero-order chi connectivity index (χ0) is 20.8. The third-order valence-corrected chi connectivity index (χ3v) is 5.80. The standard InChI is InChI=1S/C24H18ClN3O2/c1-14-22-20(23(30)19-8-4-6-15-5-2-3-7-18(15)19)13-21(29)26-24(22)28(27-14)17-11-9-16(25)10-12-17/h2-12,20H,13H2,1H3,(H,26,29)/t20-/m1/s1. The fourth-order valence-corrected chi connectivity index (χ4v) is 4.29. The number of anilines is 1. The van der Waals surface area contributed by atoms with Crippen LogP contribution in [0.3, 0.4) is 0 Å². The van der Waals surface area contributed by atoms with Gasteiger partial charge in [0.1, 0.15) is 5.82 Å². The Bertz CT molecular complexity index is 1300. The largest absolute Gasteiger partial charge is 0.310 e. The summed E-state index contributed by atoms with van der Waals surface area (Å²) in [5, 5.41) is 10.0. The number of rotatable bonds is 3. The molecule has 0 saturated carbocycles. The van der Waals surface area contributed by atoms with E-state index in [4.69, 9.17) is 11.6 Å². The molecule has 30 heavy (non-hydrogen) atoms. The van der Waals surface area contributed by atoms with Gasteiger partial charge in [-0.3, -0.25) is 9.59 Å². The predicted molar refractivity (Wildman–Crippen MR) is 118 cm³/mol. The number of Topliss-reactive ketones (excluding diaryl/α,β-unsaturated/α-hetero) is 1. The number of nitrogens with zero attached hydrogens (tertiary/aromatic N) is 2. The fourth-order valence-electron chi connectivity index (χ4n) is 4.17. The number of hydrogen-bond donors (Lipinski definition) is 1. The van der Waals surface area contributed by atoms with Crippen LogP contribution in [-0.2, 0) is 4.79 Å². The van der Waals surface area contributed by atoms with Gasteiger partial charge in [-0.1, -0.05) is 54.1 Å². The van der Waals surface area contributed by atoms with E-state index < -0.39 is 5.92 Å². The lowest BCUT2D eigenvalue weighted by molar-refractivity contribution is -0.116. The van der Waals surface area contributed by atoms with Crippen LogP contribution in [-0.4, -0.2) is 21.5 Å². The van der Waals surface area contributed by atoms with Gasteiger partial charge in [0.15, 0.2) is 5.78 Å². The number of hydrogen-bond acceptors (Lipinski definition) is 3. The highest BCUT2D eigenvalue weighted by atomic mass is 35.5. The van der Waals surface area contributed by atoms with Crippen LogP contribution in [0.25, 0.3) is 16.5 Å². The summed E-state index contributed by atoms with van der Waals surface area (Å²) in [4.78, 5) is 26.2. The molecule has 0 unspecified atom stereocenters. The summed E-state index contributed by atoms with van der Waals surface area (Å²) in [6.07, 6.45) is 0.0994. The summed E-state index contributed by atoms with van der Waals surface area (Å²) >= 11 is 6.01. The third kappa shape index (κ3) is 2.99. The Hall–Kier alpha value is -3.44. The van der Waals surface area contributed by atoms with Crippen LogP contribution >= 0.6 is 11.6 Å². The number of carbonyl (C=O) groups excluding carboxylic acids is 2. The molecular weight excluding hydrogens is 398 g/mol. The number of ketones is 1. The molecule has 2 heterocycles. The van der Waals surface area contributed by atoms with Gasteiger partial charge in [0.05, 0.1) is 17.3 Å². The van der Waals surface area contributed by atoms with Crippen molar-refractivity contribution in [3.63, 3.8) is 0 Å². The topological polar surface area (TPSA) is 64.0 Å². The molecule has 1 aliphatic heterocycles. The minimum absolute atomic E-state index is 0.0679. The van der Waals surface area contributed by atoms with Crippen molar-refractivity contribution >= 4 is 39.9 Å². The Labute approximate surface area is 178 Å². The molecule has 0 saturated heterocycles. The molecule has 5 nitrogen and oxygen atoms in total. The van der Waals surface area contributed by atoms with Gasteiger partial charge in [-0.2, -0.15) is 5.10 Å². The molecule has 6 heteroatoms. The van der Waals surface area contributed by atoms with Crippen molar-refractivity contribution < 1.29 is 9.59 Å². The number of aromatic nitrogens is 2. The summed E-state index contributed by atoms with van der Waals surface area (Å²) in [6, 6.07) is 20.7. The minimum atomic E-state index is -0.583. The zero-order valence-corrected chi connectivity index (χ0v) is 17.0. The van der Waals surface area contributed by atoms with Crippen molar-refractivity contribution in [2.45, 2.75) is 19.3 Å². The first-order valence-corrected chi connectivity index (χ1v) is 10.1. The highest BCUT2D eigenvalue weighted by molar-refractivity contribution is 6.30. The zero-order valence-electron chi connectivity index (χ0n) is 16.2. The van der Waals surface area contributed by atoms with Gasteiger partial charge in [0.25, 0.3) is 0 Å². The normalized spacial score (nSPS) is 15.7. The first kappa shape index (κ1) is 18.6. The van der Waals surface area contributed by atoms with E-state index in [2.05, 4.69) is 10.4 Å². The quantitative estimate of drug-likeness (QED) is 0.462. The number of nitrogens with one attached hydrogen (secondary N) is 1. The maximum atomic E-state index is 13.6. The van der Waals surface area contributed by atoms with Gasteiger partial charge in [0.2, 0.25) is 5.91 Å². The summed E-state index contributed by atoms with van der Waals surface area (Å²) < 4.78 is 1.67. The summed E-state index contributed by atoms with van der Waals surface area (Å²) in [5.74, 6) is -0.303. The average molecular weight is 416 g/mol. The molecule has 0 fully saturated rings. The Balaban J connectivity index is 1.64. The number of fused-ring (bicyclic) bond motifs is 2. The summed E-state index contributed by atoms with van der Waals surface area (Å²) in [6.45, 7) is 1.87. The average Bonchev–Trinajstić information content (AvgIpc) is 3.09. The van der Waals surface area contributed by atoms with Crippen LogP contribution in [0.5, 0.6) is 0 Å². The smallest absolute Gasteiger partial charge is 0.226 e. The lowest BCUT2D eigenvalue weighted by Gasteiger charge is -2.23. The van der Waals surface area contributed by atoms with Crippen LogP contribution in [0.15, 0.2) is 66.7 Å². The van der Waals surface area contributed by atoms with E-state index in [9.17, 15) is 9.59 Å². The van der Waals surface area contributed by atoms with Gasteiger partial charge < -0.3 is 5.32 Å². The second kappa shape index (κ2) is 7.11. The van der Waals surface area contributed by atoms with E-state index in [1.807, 2.05) is 61.5 Å². The van der Waals surface area contributed by atoms with Gasteiger partial charge in [-0.05, 0) is 42.0 Å². The first-order chi connectivity index (χ1) is 14.5. The maximum Gasteiger partial charge on any atom is 0.226 e. The molecule has 4 aromatic rings. The highest BCUT2D eigenvalue weighted by Gasteiger charge is 2.36. The number of halogens is 1.